The quantitative estimate of drug-likeness (QED) is 0.309. The van der Waals surface area contributed by atoms with Crippen LogP contribution in [0.4, 0.5) is 23.4 Å². The van der Waals surface area contributed by atoms with Gasteiger partial charge in [0.15, 0.2) is 12.0 Å². The number of hydrogen-bond donors (Lipinski definition) is 2. The van der Waals surface area contributed by atoms with Crippen LogP contribution in [0.5, 0.6) is 0 Å². The van der Waals surface area contributed by atoms with Gasteiger partial charge < -0.3 is 15.8 Å². The Hall–Kier alpha value is -3.96. The number of halogens is 4. The fourth-order valence-corrected chi connectivity index (χ4v) is 3.79. The van der Waals surface area contributed by atoms with Crippen molar-refractivity contribution in [1.82, 2.24) is 14.9 Å². The minimum Gasteiger partial charge on any atom is -0.618 e. The van der Waals surface area contributed by atoms with Gasteiger partial charge in [-0.3, -0.25) is 14.2 Å². The summed E-state index contributed by atoms with van der Waals surface area (Å²) in [6.07, 6.45) is 2.82. The number of aromatic nitrogens is 3. The van der Waals surface area contributed by atoms with E-state index in [9.17, 15) is 32.4 Å². The van der Waals surface area contributed by atoms with Gasteiger partial charge >= 0.3 is 5.92 Å². The number of carbonyl (C=O) groups is 1. The molecule has 1 unspecified atom stereocenters. The van der Waals surface area contributed by atoms with E-state index in [4.69, 9.17) is 0 Å². The number of anilines is 1. The van der Waals surface area contributed by atoms with Crippen LogP contribution in [0.1, 0.15) is 29.4 Å². The SMILES string of the molecule is O=C(NCc1cc(F)ccc1F)C1CCc2cnc(NCC(F)(F)c3cccc[n+]3[O-])c(=O)n21. The second-order valence-electron chi connectivity index (χ2n) is 7.75. The summed E-state index contributed by atoms with van der Waals surface area (Å²) in [5.74, 6) is -5.98. The Kier molecular flexibility index (Phi) is 6.22. The van der Waals surface area contributed by atoms with Gasteiger partial charge in [-0.05, 0) is 37.1 Å². The molecule has 3 aromatic rings. The molecular weight excluding hydrogens is 458 g/mol. The lowest BCUT2D eigenvalue weighted by Gasteiger charge is -2.18. The zero-order valence-corrected chi connectivity index (χ0v) is 17.6. The van der Waals surface area contributed by atoms with Gasteiger partial charge in [0, 0.05) is 36.1 Å². The molecule has 3 heterocycles. The van der Waals surface area contributed by atoms with Crippen LogP contribution in [0.25, 0.3) is 0 Å². The Bertz CT molecular complexity index is 1300. The Labute approximate surface area is 190 Å². The molecule has 0 aliphatic carbocycles. The maximum absolute atomic E-state index is 14.5. The Balaban J connectivity index is 1.50. The van der Waals surface area contributed by atoms with Gasteiger partial charge in [-0.25, -0.2) is 13.8 Å². The van der Waals surface area contributed by atoms with Crippen molar-refractivity contribution in [2.75, 3.05) is 11.9 Å². The van der Waals surface area contributed by atoms with Crippen LogP contribution in [0, 0.1) is 16.8 Å². The van der Waals surface area contributed by atoms with E-state index in [2.05, 4.69) is 15.6 Å². The van der Waals surface area contributed by atoms with E-state index < -0.39 is 53.1 Å². The third-order valence-corrected chi connectivity index (χ3v) is 5.50. The molecule has 12 heteroatoms. The lowest BCUT2D eigenvalue weighted by atomic mass is 10.1. The van der Waals surface area contributed by atoms with Crippen molar-refractivity contribution in [3.8, 4) is 0 Å². The smallest absolute Gasteiger partial charge is 0.347 e. The Morgan fingerprint density at radius 2 is 2.06 bits per heavy atom. The summed E-state index contributed by atoms with van der Waals surface area (Å²) < 4.78 is 57.3. The highest BCUT2D eigenvalue weighted by Crippen LogP contribution is 2.27. The molecule has 0 saturated heterocycles. The van der Waals surface area contributed by atoms with Crippen molar-refractivity contribution in [3.63, 3.8) is 0 Å². The zero-order valence-electron chi connectivity index (χ0n) is 17.6. The molecule has 0 saturated carbocycles. The minimum absolute atomic E-state index is 0.0342. The summed E-state index contributed by atoms with van der Waals surface area (Å²) >= 11 is 0. The highest BCUT2D eigenvalue weighted by Gasteiger charge is 2.40. The molecule has 1 aliphatic rings. The topological polar surface area (TPSA) is 103 Å². The van der Waals surface area contributed by atoms with Crippen molar-refractivity contribution >= 4 is 11.7 Å². The van der Waals surface area contributed by atoms with E-state index in [1.807, 2.05) is 0 Å². The molecule has 1 aromatic carbocycles. The summed E-state index contributed by atoms with van der Waals surface area (Å²) in [5.41, 5.74) is -1.22. The Morgan fingerprint density at radius 3 is 2.82 bits per heavy atom. The lowest BCUT2D eigenvalue weighted by Crippen LogP contribution is -2.42. The van der Waals surface area contributed by atoms with Gasteiger partial charge in [0.25, 0.3) is 11.3 Å². The van der Waals surface area contributed by atoms with E-state index in [1.165, 1.54) is 18.3 Å². The molecule has 0 spiro atoms. The summed E-state index contributed by atoms with van der Waals surface area (Å²) in [6.45, 7) is -1.37. The second kappa shape index (κ2) is 9.12. The van der Waals surface area contributed by atoms with Gasteiger partial charge in [-0.1, -0.05) is 0 Å². The van der Waals surface area contributed by atoms with Crippen molar-refractivity contribution in [1.29, 1.82) is 0 Å². The third kappa shape index (κ3) is 4.56. The average Bonchev–Trinajstić information content (AvgIpc) is 3.24. The molecule has 178 valence electrons. The highest BCUT2D eigenvalue weighted by atomic mass is 19.3. The Morgan fingerprint density at radius 1 is 1.26 bits per heavy atom. The van der Waals surface area contributed by atoms with Crippen molar-refractivity contribution in [2.24, 2.45) is 0 Å². The molecule has 8 nitrogen and oxygen atoms in total. The molecule has 34 heavy (non-hydrogen) atoms. The number of rotatable bonds is 7. The summed E-state index contributed by atoms with van der Waals surface area (Å²) in [6, 6.07) is 5.44. The zero-order chi connectivity index (χ0) is 24.5. The van der Waals surface area contributed by atoms with Crippen LogP contribution in [0.3, 0.4) is 0 Å². The number of aryl methyl sites for hydroxylation is 1. The van der Waals surface area contributed by atoms with E-state index in [0.717, 1.165) is 35.0 Å². The van der Waals surface area contributed by atoms with E-state index >= 15 is 0 Å². The number of carbonyl (C=O) groups excluding carboxylic acids is 1. The van der Waals surface area contributed by atoms with Crippen LogP contribution in [0.2, 0.25) is 0 Å². The van der Waals surface area contributed by atoms with Crippen molar-refractivity contribution in [2.45, 2.75) is 31.4 Å². The predicted molar refractivity (Wildman–Crippen MR) is 112 cm³/mol. The minimum atomic E-state index is -3.60. The second-order valence-corrected chi connectivity index (χ2v) is 7.75. The number of hydrogen-bond acceptors (Lipinski definition) is 5. The molecule has 0 bridgehead atoms. The van der Waals surface area contributed by atoms with Crippen LogP contribution in [-0.2, 0) is 23.7 Å². The van der Waals surface area contributed by atoms with Gasteiger partial charge in [-0.15, -0.1) is 0 Å². The van der Waals surface area contributed by atoms with E-state index in [0.29, 0.717) is 12.1 Å². The van der Waals surface area contributed by atoms with Crippen LogP contribution < -0.4 is 20.9 Å². The molecule has 2 N–H and O–H groups in total. The van der Waals surface area contributed by atoms with Crippen LogP contribution in [-0.4, -0.2) is 22.0 Å². The van der Waals surface area contributed by atoms with Gasteiger partial charge in [0.05, 0.1) is 6.54 Å². The summed E-state index contributed by atoms with van der Waals surface area (Å²) in [4.78, 5) is 29.5. The molecular formula is C22H19F4N5O3. The lowest BCUT2D eigenvalue weighted by molar-refractivity contribution is -0.624. The third-order valence-electron chi connectivity index (χ3n) is 5.50. The molecule has 0 fully saturated rings. The molecule has 4 rings (SSSR count). The first-order valence-corrected chi connectivity index (χ1v) is 10.3. The van der Waals surface area contributed by atoms with Gasteiger partial charge in [-0.2, -0.15) is 13.5 Å². The number of amides is 1. The first kappa shape index (κ1) is 23.2. The molecule has 1 amide bonds. The average molecular weight is 477 g/mol. The van der Waals surface area contributed by atoms with Crippen molar-refractivity contribution in [3.05, 3.63) is 92.9 Å². The standard InChI is InChI=1S/C22H19F4N5O3/c23-14-4-6-16(24)13(9-14)10-28-20(32)17-7-5-15-11-27-19(21(33)31(15)17)29-12-22(25,26)18-3-1-2-8-30(18)34/h1-4,6,8-9,11,17H,5,7,10,12H2,(H,27,29)(H,28,32). The van der Waals surface area contributed by atoms with E-state index in [-0.39, 0.29) is 23.3 Å². The molecule has 1 atom stereocenters. The normalized spacial score (nSPS) is 15.1. The molecule has 1 aliphatic heterocycles. The molecule has 2 aromatic heterocycles. The highest BCUT2D eigenvalue weighted by molar-refractivity contribution is 5.81. The predicted octanol–water partition coefficient (Wildman–Crippen LogP) is 2.16. The maximum Gasteiger partial charge on any atom is 0.347 e. The summed E-state index contributed by atoms with van der Waals surface area (Å²) in [7, 11) is 0. The number of nitrogens with one attached hydrogen (secondary N) is 2. The first-order chi connectivity index (χ1) is 16.2. The fourth-order valence-electron chi connectivity index (χ4n) is 3.79. The number of pyridine rings is 1. The number of alkyl halides is 2. The summed E-state index contributed by atoms with van der Waals surface area (Å²) in [5, 5.41) is 16.4. The number of benzene rings is 1. The number of fused-ring (bicyclic) bond motifs is 1. The fraction of sp³-hybridized carbons (Fsp3) is 0.273. The van der Waals surface area contributed by atoms with Crippen LogP contribution in [0.15, 0.2) is 53.6 Å². The maximum atomic E-state index is 14.5. The monoisotopic (exact) mass is 477 g/mol. The van der Waals surface area contributed by atoms with Crippen molar-refractivity contribution < 1.29 is 27.1 Å². The largest absolute Gasteiger partial charge is 0.618 e. The van der Waals surface area contributed by atoms with Gasteiger partial charge in [0.2, 0.25) is 5.91 Å². The van der Waals surface area contributed by atoms with Crippen LogP contribution >= 0.6 is 0 Å². The molecule has 0 radical (unpaired) electrons. The first-order valence-electron chi connectivity index (χ1n) is 10.3. The number of nitrogens with zero attached hydrogens (tertiary/aromatic N) is 3. The van der Waals surface area contributed by atoms with E-state index in [1.54, 1.807) is 0 Å². The van der Waals surface area contributed by atoms with Gasteiger partial charge in [0.1, 0.15) is 17.7 Å².